The summed E-state index contributed by atoms with van der Waals surface area (Å²) in [4.78, 5) is 0. The Kier molecular flexibility index (Phi) is 4.31. The van der Waals surface area contributed by atoms with Crippen LogP contribution in [0.5, 0.6) is 11.5 Å². The number of nitrogens with two attached hydrogens (primary N) is 1. The van der Waals surface area contributed by atoms with Gasteiger partial charge in [0.25, 0.3) is 0 Å². The maximum Gasteiger partial charge on any atom is 0.145 e. The summed E-state index contributed by atoms with van der Waals surface area (Å²) in [7, 11) is 3.32. The predicted molar refractivity (Wildman–Crippen MR) is 73.4 cm³/mol. The van der Waals surface area contributed by atoms with Crippen LogP contribution in [0.25, 0.3) is 0 Å². The van der Waals surface area contributed by atoms with Crippen LogP contribution in [0.4, 0.5) is 5.69 Å². The van der Waals surface area contributed by atoms with Gasteiger partial charge in [0.15, 0.2) is 0 Å². The molecule has 3 N–H and O–H groups in total. The fraction of sp³-hybridized carbons (Fsp3) is 0.571. The van der Waals surface area contributed by atoms with Gasteiger partial charge in [-0.2, -0.15) is 0 Å². The molecule has 18 heavy (non-hydrogen) atoms. The zero-order valence-corrected chi connectivity index (χ0v) is 11.1. The van der Waals surface area contributed by atoms with Gasteiger partial charge in [0, 0.05) is 18.2 Å². The quantitative estimate of drug-likeness (QED) is 0.861. The van der Waals surface area contributed by atoms with E-state index in [1.165, 1.54) is 12.8 Å². The van der Waals surface area contributed by atoms with Gasteiger partial charge in [0.1, 0.15) is 11.5 Å². The van der Waals surface area contributed by atoms with Crippen molar-refractivity contribution in [2.75, 3.05) is 19.5 Å². The maximum absolute atomic E-state index is 6.15. The van der Waals surface area contributed by atoms with Gasteiger partial charge < -0.3 is 20.5 Å². The molecule has 0 aromatic heterocycles. The van der Waals surface area contributed by atoms with Crippen molar-refractivity contribution in [3.8, 4) is 11.5 Å². The lowest BCUT2D eigenvalue weighted by Crippen LogP contribution is -2.42. The molecule has 1 aromatic carbocycles. The van der Waals surface area contributed by atoms with E-state index in [9.17, 15) is 0 Å². The Morgan fingerprint density at radius 1 is 1.17 bits per heavy atom. The second-order valence-electron chi connectivity index (χ2n) is 4.77. The Balaban J connectivity index is 2.12. The van der Waals surface area contributed by atoms with E-state index in [0.29, 0.717) is 6.04 Å². The van der Waals surface area contributed by atoms with Crippen molar-refractivity contribution in [3.05, 3.63) is 18.2 Å². The summed E-state index contributed by atoms with van der Waals surface area (Å²) in [5, 5.41) is 3.50. The van der Waals surface area contributed by atoms with Crippen LogP contribution < -0.4 is 20.5 Å². The Labute approximate surface area is 108 Å². The zero-order chi connectivity index (χ0) is 13.0. The number of rotatable bonds is 4. The molecule has 4 heteroatoms. The average molecular weight is 250 g/mol. The van der Waals surface area contributed by atoms with Gasteiger partial charge in [-0.3, -0.25) is 0 Å². The SMILES string of the molecule is COc1ccc(N[C@H]2CCCC[C@@H]2N)c(OC)c1. The Hall–Kier alpha value is -1.42. The standard InChI is InChI=1S/C14H22N2O2/c1-17-10-7-8-13(14(9-10)18-2)16-12-6-4-3-5-11(12)15/h7-9,11-12,16H,3-6,15H2,1-2H3/t11-,12-/m0/s1. The normalized spacial score (nSPS) is 23.5. The van der Waals surface area contributed by atoms with E-state index in [1.807, 2.05) is 18.2 Å². The molecule has 0 bridgehead atoms. The Morgan fingerprint density at radius 3 is 2.61 bits per heavy atom. The molecule has 1 aliphatic rings. The van der Waals surface area contributed by atoms with E-state index < -0.39 is 0 Å². The summed E-state index contributed by atoms with van der Waals surface area (Å²) in [6.45, 7) is 0. The van der Waals surface area contributed by atoms with Crippen molar-refractivity contribution in [2.24, 2.45) is 5.73 Å². The first-order valence-electron chi connectivity index (χ1n) is 6.48. The van der Waals surface area contributed by atoms with Crippen LogP contribution in [0.2, 0.25) is 0 Å². The third-order valence-corrected chi connectivity index (χ3v) is 3.57. The van der Waals surface area contributed by atoms with Crippen LogP contribution in [-0.2, 0) is 0 Å². The number of hydrogen-bond acceptors (Lipinski definition) is 4. The van der Waals surface area contributed by atoms with Crippen LogP contribution in [0.1, 0.15) is 25.7 Å². The lowest BCUT2D eigenvalue weighted by Gasteiger charge is -2.30. The Morgan fingerprint density at radius 2 is 1.94 bits per heavy atom. The van der Waals surface area contributed by atoms with Crippen molar-refractivity contribution in [1.29, 1.82) is 0 Å². The van der Waals surface area contributed by atoms with Crippen LogP contribution in [-0.4, -0.2) is 26.3 Å². The van der Waals surface area contributed by atoms with E-state index in [4.69, 9.17) is 15.2 Å². The average Bonchev–Trinajstić information content (AvgIpc) is 2.41. The molecular weight excluding hydrogens is 228 g/mol. The van der Waals surface area contributed by atoms with Crippen molar-refractivity contribution in [2.45, 2.75) is 37.8 Å². The lowest BCUT2D eigenvalue weighted by atomic mass is 9.91. The minimum absolute atomic E-state index is 0.227. The summed E-state index contributed by atoms with van der Waals surface area (Å²) in [6, 6.07) is 6.36. The monoisotopic (exact) mass is 250 g/mol. The van der Waals surface area contributed by atoms with Gasteiger partial charge in [-0.05, 0) is 25.0 Å². The van der Waals surface area contributed by atoms with Crippen molar-refractivity contribution < 1.29 is 9.47 Å². The highest BCUT2D eigenvalue weighted by molar-refractivity contribution is 5.59. The number of anilines is 1. The molecule has 4 nitrogen and oxygen atoms in total. The number of nitrogens with one attached hydrogen (secondary N) is 1. The molecule has 1 aromatic rings. The molecule has 0 spiro atoms. The van der Waals surface area contributed by atoms with Gasteiger partial charge in [-0.1, -0.05) is 12.8 Å². The predicted octanol–water partition coefficient (Wildman–Crippen LogP) is 2.39. The van der Waals surface area contributed by atoms with Crippen LogP contribution in [0.15, 0.2) is 18.2 Å². The van der Waals surface area contributed by atoms with Crippen molar-refractivity contribution in [1.82, 2.24) is 0 Å². The summed E-state index contributed by atoms with van der Waals surface area (Å²) in [6.07, 6.45) is 4.69. The van der Waals surface area contributed by atoms with Crippen molar-refractivity contribution in [3.63, 3.8) is 0 Å². The molecular formula is C14H22N2O2. The van der Waals surface area contributed by atoms with Gasteiger partial charge in [0.05, 0.1) is 19.9 Å². The lowest BCUT2D eigenvalue weighted by molar-refractivity contribution is 0.388. The molecule has 0 heterocycles. The summed E-state index contributed by atoms with van der Waals surface area (Å²) in [5.41, 5.74) is 7.13. The maximum atomic E-state index is 6.15. The number of hydrogen-bond donors (Lipinski definition) is 2. The molecule has 1 aliphatic carbocycles. The fourth-order valence-corrected chi connectivity index (χ4v) is 2.46. The fourth-order valence-electron chi connectivity index (χ4n) is 2.46. The molecule has 1 saturated carbocycles. The minimum Gasteiger partial charge on any atom is -0.497 e. The van der Waals surface area contributed by atoms with Gasteiger partial charge in [0.2, 0.25) is 0 Å². The topological polar surface area (TPSA) is 56.5 Å². The summed E-state index contributed by atoms with van der Waals surface area (Å²) >= 11 is 0. The second kappa shape index (κ2) is 5.96. The summed E-state index contributed by atoms with van der Waals surface area (Å²) < 4.78 is 10.6. The number of benzene rings is 1. The molecule has 1 fully saturated rings. The van der Waals surface area contributed by atoms with Gasteiger partial charge in [-0.25, -0.2) is 0 Å². The highest BCUT2D eigenvalue weighted by Crippen LogP contribution is 2.31. The number of methoxy groups -OCH3 is 2. The van der Waals surface area contributed by atoms with Gasteiger partial charge in [-0.15, -0.1) is 0 Å². The van der Waals surface area contributed by atoms with Gasteiger partial charge >= 0.3 is 0 Å². The third kappa shape index (κ3) is 2.88. The molecule has 0 unspecified atom stereocenters. The molecule has 0 radical (unpaired) electrons. The second-order valence-corrected chi connectivity index (χ2v) is 4.77. The molecule has 2 atom stereocenters. The molecule has 2 rings (SSSR count). The van der Waals surface area contributed by atoms with E-state index >= 15 is 0 Å². The van der Waals surface area contributed by atoms with Crippen molar-refractivity contribution >= 4 is 5.69 Å². The first-order valence-corrected chi connectivity index (χ1v) is 6.48. The molecule has 0 amide bonds. The minimum atomic E-state index is 0.227. The zero-order valence-electron chi connectivity index (χ0n) is 11.1. The highest BCUT2D eigenvalue weighted by atomic mass is 16.5. The Bertz CT molecular complexity index is 395. The first-order chi connectivity index (χ1) is 8.74. The number of ether oxygens (including phenoxy) is 2. The highest BCUT2D eigenvalue weighted by Gasteiger charge is 2.22. The first kappa shape index (κ1) is 13.0. The molecule has 0 saturated heterocycles. The molecule has 100 valence electrons. The largest absolute Gasteiger partial charge is 0.497 e. The molecule has 0 aliphatic heterocycles. The van der Waals surface area contributed by atoms with E-state index in [1.54, 1.807) is 14.2 Å². The van der Waals surface area contributed by atoms with Crippen LogP contribution in [0, 0.1) is 0 Å². The smallest absolute Gasteiger partial charge is 0.145 e. The van der Waals surface area contributed by atoms with E-state index in [-0.39, 0.29) is 6.04 Å². The van der Waals surface area contributed by atoms with Crippen LogP contribution >= 0.6 is 0 Å². The van der Waals surface area contributed by atoms with Crippen LogP contribution in [0.3, 0.4) is 0 Å². The van der Waals surface area contributed by atoms with E-state index in [0.717, 1.165) is 30.0 Å². The third-order valence-electron chi connectivity index (χ3n) is 3.57. The summed E-state index contributed by atoms with van der Waals surface area (Å²) in [5.74, 6) is 1.59. The van der Waals surface area contributed by atoms with E-state index in [2.05, 4.69) is 5.32 Å².